The minimum Gasteiger partial charge on any atom is -0.311 e. The number of rotatable bonds is 3. The van der Waals surface area contributed by atoms with E-state index in [1.165, 1.54) is 23.1 Å². The molecule has 0 aliphatic carbocycles. The Morgan fingerprint density at radius 1 is 1.35 bits per heavy atom. The van der Waals surface area contributed by atoms with Gasteiger partial charge >= 0.3 is 0 Å². The van der Waals surface area contributed by atoms with Gasteiger partial charge in [-0.15, -0.1) is 10.2 Å². The summed E-state index contributed by atoms with van der Waals surface area (Å²) in [6.45, 7) is 2.65. The first-order valence-electron chi connectivity index (χ1n) is 6.17. The number of hydrogen-bond donors (Lipinski definition) is 0. The summed E-state index contributed by atoms with van der Waals surface area (Å²) >= 11 is 8.91. The fraction of sp³-hybridized carbons (Fsp3) is 0.308. The van der Waals surface area contributed by atoms with Crippen molar-refractivity contribution in [3.8, 4) is 0 Å². The highest BCUT2D eigenvalue weighted by Gasteiger charge is 2.34. The molecular formula is C13H12ClN3OS2. The van der Waals surface area contributed by atoms with Crippen LogP contribution in [0.3, 0.4) is 0 Å². The van der Waals surface area contributed by atoms with E-state index in [4.69, 9.17) is 11.6 Å². The summed E-state index contributed by atoms with van der Waals surface area (Å²) < 4.78 is 0.860. The van der Waals surface area contributed by atoms with Crippen LogP contribution in [-0.4, -0.2) is 27.9 Å². The van der Waals surface area contributed by atoms with Gasteiger partial charge in [0, 0.05) is 17.3 Å². The van der Waals surface area contributed by atoms with Crippen LogP contribution in [0.4, 0.5) is 5.69 Å². The van der Waals surface area contributed by atoms with Crippen LogP contribution < -0.4 is 4.90 Å². The van der Waals surface area contributed by atoms with E-state index in [9.17, 15) is 4.79 Å². The lowest BCUT2D eigenvalue weighted by Gasteiger charge is -2.16. The zero-order valence-corrected chi connectivity index (χ0v) is 13.1. The lowest BCUT2D eigenvalue weighted by Crippen LogP contribution is -2.27. The SMILES string of the molecule is Cc1nnc(S[C@H]2CCN(c3ccc(Cl)cc3)C2=O)s1. The van der Waals surface area contributed by atoms with E-state index < -0.39 is 0 Å². The fourth-order valence-corrected chi connectivity index (χ4v) is 4.32. The molecule has 3 rings (SSSR count). The molecule has 1 aliphatic heterocycles. The first-order valence-corrected chi connectivity index (χ1v) is 8.24. The van der Waals surface area contributed by atoms with Crippen LogP contribution >= 0.6 is 34.7 Å². The summed E-state index contributed by atoms with van der Waals surface area (Å²) in [5, 5.41) is 9.57. The van der Waals surface area contributed by atoms with Gasteiger partial charge in [0.15, 0.2) is 4.34 Å². The van der Waals surface area contributed by atoms with Crippen LogP contribution in [0, 0.1) is 6.92 Å². The van der Waals surface area contributed by atoms with Crippen LogP contribution in [0.15, 0.2) is 28.6 Å². The van der Waals surface area contributed by atoms with Crippen LogP contribution in [0.2, 0.25) is 5.02 Å². The second kappa shape index (κ2) is 5.71. The van der Waals surface area contributed by atoms with Crippen molar-refractivity contribution in [1.82, 2.24) is 10.2 Å². The molecule has 20 heavy (non-hydrogen) atoms. The Balaban J connectivity index is 1.72. The summed E-state index contributed by atoms with van der Waals surface area (Å²) in [4.78, 5) is 14.2. The Kier molecular flexibility index (Phi) is 3.96. The van der Waals surface area contributed by atoms with Crippen LogP contribution in [0.1, 0.15) is 11.4 Å². The standard InChI is InChI=1S/C13H12ClN3OS2/c1-8-15-16-13(19-8)20-11-6-7-17(12(11)18)10-4-2-9(14)3-5-10/h2-5,11H,6-7H2,1H3/t11-/m0/s1. The van der Waals surface area contributed by atoms with E-state index in [0.717, 1.165) is 28.0 Å². The van der Waals surface area contributed by atoms with Gasteiger partial charge in [0.1, 0.15) is 5.01 Å². The monoisotopic (exact) mass is 325 g/mol. The molecule has 1 aromatic carbocycles. The largest absolute Gasteiger partial charge is 0.311 e. The molecule has 0 radical (unpaired) electrons. The smallest absolute Gasteiger partial charge is 0.240 e. The Labute approximate surface area is 130 Å². The van der Waals surface area contributed by atoms with E-state index in [-0.39, 0.29) is 11.2 Å². The van der Waals surface area contributed by atoms with Crippen molar-refractivity contribution in [1.29, 1.82) is 0 Å². The van der Waals surface area contributed by atoms with Gasteiger partial charge in [-0.2, -0.15) is 0 Å². The Morgan fingerprint density at radius 2 is 2.10 bits per heavy atom. The van der Waals surface area contributed by atoms with Gasteiger partial charge < -0.3 is 4.90 Å². The van der Waals surface area contributed by atoms with E-state index in [1.807, 2.05) is 24.0 Å². The molecule has 1 amide bonds. The van der Waals surface area contributed by atoms with E-state index in [2.05, 4.69) is 10.2 Å². The maximum absolute atomic E-state index is 12.4. The summed E-state index contributed by atoms with van der Waals surface area (Å²) in [5.41, 5.74) is 0.899. The van der Waals surface area contributed by atoms with Crippen molar-refractivity contribution in [2.75, 3.05) is 11.4 Å². The predicted octanol–water partition coefficient (Wildman–Crippen LogP) is 3.40. The van der Waals surface area contributed by atoms with Gasteiger partial charge in [0.2, 0.25) is 5.91 Å². The number of aryl methyl sites for hydroxylation is 1. The third kappa shape index (κ3) is 2.82. The lowest BCUT2D eigenvalue weighted by atomic mass is 10.3. The van der Waals surface area contributed by atoms with Gasteiger partial charge in [-0.1, -0.05) is 34.7 Å². The molecule has 1 atom stereocenters. The summed E-state index contributed by atoms with van der Waals surface area (Å²) in [7, 11) is 0. The molecule has 1 aromatic heterocycles. The number of nitrogens with zero attached hydrogens (tertiary/aromatic N) is 3. The van der Waals surface area contributed by atoms with Crippen molar-refractivity contribution in [3.05, 3.63) is 34.3 Å². The number of thioether (sulfide) groups is 1. The molecule has 0 bridgehead atoms. The molecule has 2 heterocycles. The minimum absolute atomic E-state index is 0.0713. The average molecular weight is 326 g/mol. The van der Waals surface area contributed by atoms with E-state index in [0.29, 0.717) is 5.02 Å². The number of hydrogen-bond acceptors (Lipinski definition) is 5. The zero-order chi connectivity index (χ0) is 14.1. The molecule has 104 valence electrons. The summed E-state index contributed by atoms with van der Waals surface area (Å²) in [5.74, 6) is 0.130. The predicted molar refractivity (Wildman–Crippen MR) is 82.7 cm³/mol. The molecule has 1 aliphatic rings. The number of carbonyl (C=O) groups is 1. The van der Waals surface area contributed by atoms with Crippen molar-refractivity contribution >= 4 is 46.3 Å². The van der Waals surface area contributed by atoms with Crippen molar-refractivity contribution in [2.45, 2.75) is 22.9 Å². The number of amides is 1. The third-order valence-corrected chi connectivity index (χ3v) is 5.47. The second-order valence-electron chi connectivity index (χ2n) is 4.45. The van der Waals surface area contributed by atoms with Gasteiger partial charge in [0.25, 0.3) is 0 Å². The molecule has 4 nitrogen and oxygen atoms in total. The first kappa shape index (κ1) is 13.9. The molecule has 0 unspecified atom stereocenters. The van der Waals surface area contributed by atoms with Gasteiger partial charge in [-0.05, 0) is 37.6 Å². The minimum atomic E-state index is -0.0713. The van der Waals surface area contributed by atoms with Gasteiger partial charge in [-0.25, -0.2) is 0 Å². The van der Waals surface area contributed by atoms with Crippen molar-refractivity contribution < 1.29 is 4.79 Å². The van der Waals surface area contributed by atoms with Crippen molar-refractivity contribution in [2.24, 2.45) is 0 Å². The lowest BCUT2D eigenvalue weighted by molar-refractivity contribution is -0.116. The number of halogens is 1. The van der Waals surface area contributed by atoms with Crippen LogP contribution in [0.25, 0.3) is 0 Å². The zero-order valence-electron chi connectivity index (χ0n) is 10.7. The van der Waals surface area contributed by atoms with E-state index in [1.54, 1.807) is 12.1 Å². The molecule has 7 heteroatoms. The quantitative estimate of drug-likeness (QED) is 0.867. The number of benzene rings is 1. The molecular weight excluding hydrogens is 314 g/mol. The van der Waals surface area contributed by atoms with Crippen molar-refractivity contribution in [3.63, 3.8) is 0 Å². The molecule has 0 spiro atoms. The van der Waals surface area contributed by atoms with Gasteiger partial charge in [0.05, 0.1) is 5.25 Å². The van der Waals surface area contributed by atoms with Crippen LogP contribution in [0.5, 0.6) is 0 Å². The summed E-state index contributed by atoms with van der Waals surface area (Å²) in [6.07, 6.45) is 0.824. The topological polar surface area (TPSA) is 46.1 Å². The molecule has 0 saturated carbocycles. The number of carbonyl (C=O) groups excluding carboxylic acids is 1. The Bertz CT molecular complexity index is 629. The number of aromatic nitrogens is 2. The maximum atomic E-state index is 12.4. The first-order chi connectivity index (χ1) is 9.63. The van der Waals surface area contributed by atoms with E-state index >= 15 is 0 Å². The second-order valence-corrected chi connectivity index (χ2v) is 7.52. The fourth-order valence-electron chi connectivity index (χ4n) is 2.09. The molecule has 1 fully saturated rings. The highest BCUT2D eigenvalue weighted by Crippen LogP contribution is 2.34. The maximum Gasteiger partial charge on any atom is 0.240 e. The Hall–Kier alpha value is -1.11. The normalized spacial score (nSPS) is 18.8. The molecule has 0 N–H and O–H groups in total. The highest BCUT2D eigenvalue weighted by molar-refractivity contribution is 8.02. The highest BCUT2D eigenvalue weighted by atomic mass is 35.5. The van der Waals surface area contributed by atoms with Gasteiger partial charge in [-0.3, -0.25) is 4.79 Å². The molecule has 2 aromatic rings. The van der Waals surface area contributed by atoms with Crippen LogP contribution in [-0.2, 0) is 4.79 Å². The summed E-state index contributed by atoms with van der Waals surface area (Å²) in [6, 6.07) is 7.36. The number of anilines is 1. The Morgan fingerprint density at radius 3 is 2.75 bits per heavy atom. The average Bonchev–Trinajstić information content (AvgIpc) is 2.99. The third-order valence-electron chi connectivity index (χ3n) is 3.05. The molecule has 1 saturated heterocycles.